The highest BCUT2D eigenvalue weighted by Crippen LogP contribution is 2.38. The number of phosphoric ester groups is 1. The Balaban J connectivity index is 3.88. The lowest BCUT2D eigenvalue weighted by molar-refractivity contribution is -0.870. The van der Waals surface area contributed by atoms with E-state index in [1.54, 1.807) is 0 Å². The van der Waals surface area contributed by atoms with Crippen molar-refractivity contribution in [1.29, 1.82) is 0 Å². The molecular weight excluding hydrogens is 1160 g/mol. The third-order valence-corrected chi connectivity index (χ3v) is 19.0. The molecule has 0 aliphatic rings. The van der Waals surface area contributed by atoms with Crippen LogP contribution in [-0.2, 0) is 32.7 Å². The number of nitrogens with zero attached hydrogens (tertiary/aromatic N) is 1. The van der Waals surface area contributed by atoms with E-state index in [9.17, 15) is 19.0 Å². The minimum absolute atomic E-state index is 0.0312. The summed E-state index contributed by atoms with van der Waals surface area (Å²) in [6, 6.07) is 0. The van der Waals surface area contributed by atoms with Crippen molar-refractivity contribution in [3.8, 4) is 0 Å². The molecule has 0 radical (unpaired) electrons. The van der Waals surface area contributed by atoms with Gasteiger partial charge in [0.05, 0.1) is 27.7 Å². The lowest BCUT2D eigenvalue weighted by atomic mass is 10.0. The van der Waals surface area contributed by atoms with Crippen LogP contribution in [0.3, 0.4) is 0 Å². The predicted octanol–water partition coefficient (Wildman–Crippen LogP) is 25.9. The molecule has 540 valence electrons. The van der Waals surface area contributed by atoms with Gasteiger partial charge < -0.3 is 27.9 Å². The molecule has 0 rings (SSSR count). The van der Waals surface area contributed by atoms with Crippen LogP contribution in [0.4, 0.5) is 0 Å². The van der Waals surface area contributed by atoms with E-state index in [1.165, 1.54) is 289 Å². The van der Waals surface area contributed by atoms with Crippen molar-refractivity contribution in [1.82, 2.24) is 0 Å². The van der Waals surface area contributed by atoms with Crippen LogP contribution in [0.25, 0.3) is 0 Å². The number of carbonyl (C=O) groups excluding carboxylic acids is 2. The van der Waals surface area contributed by atoms with Crippen molar-refractivity contribution in [3.63, 3.8) is 0 Å². The number of rotatable bonds is 75. The molecular formula is C82H154NO8P. The van der Waals surface area contributed by atoms with Crippen LogP contribution in [0, 0.1) is 0 Å². The van der Waals surface area contributed by atoms with Gasteiger partial charge in [-0.2, -0.15) is 0 Å². The van der Waals surface area contributed by atoms with Crippen molar-refractivity contribution in [3.05, 3.63) is 60.8 Å². The highest BCUT2D eigenvalue weighted by molar-refractivity contribution is 7.45. The van der Waals surface area contributed by atoms with Crippen LogP contribution >= 0.6 is 7.82 Å². The molecule has 0 fully saturated rings. The van der Waals surface area contributed by atoms with Crippen molar-refractivity contribution < 1.29 is 42.1 Å². The topological polar surface area (TPSA) is 111 Å². The lowest BCUT2D eigenvalue weighted by Gasteiger charge is -2.28. The molecule has 0 bridgehead atoms. The summed E-state index contributed by atoms with van der Waals surface area (Å²) in [6.07, 6.45) is 97.9. The molecule has 0 saturated heterocycles. The van der Waals surface area contributed by atoms with E-state index in [4.69, 9.17) is 18.5 Å². The Morgan fingerprint density at radius 1 is 0.348 bits per heavy atom. The summed E-state index contributed by atoms with van der Waals surface area (Å²) in [4.78, 5) is 38.1. The maximum absolute atomic E-state index is 12.9. The van der Waals surface area contributed by atoms with E-state index in [-0.39, 0.29) is 32.0 Å². The zero-order chi connectivity index (χ0) is 66.9. The molecule has 0 aromatic heterocycles. The summed E-state index contributed by atoms with van der Waals surface area (Å²) in [6.45, 7) is 4.19. The van der Waals surface area contributed by atoms with Gasteiger partial charge in [0, 0.05) is 12.8 Å². The van der Waals surface area contributed by atoms with Gasteiger partial charge in [-0.1, -0.05) is 389 Å². The maximum Gasteiger partial charge on any atom is 0.306 e. The summed E-state index contributed by atoms with van der Waals surface area (Å²) in [5.41, 5.74) is 0. The maximum atomic E-state index is 12.9. The second-order valence-electron chi connectivity index (χ2n) is 28.4. The molecule has 2 unspecified atom stereocenters. The molecule has 9 nitrogen and oxygen atoms in total. The number of likely N-dealkylation sites (N-methyl/N-ethyl adjacent to an activating group) is 1. The Kier molecular flexibility index (Phi) is 71.2. The average molecular weight is 1310 g/mol. The van der Waals surface area contributed by atoms with Crippen LogP contribution in [0.2, 0.25) is 0 Å². The fourth-order valence-electron chi connectivity index (χ4n) is 12.0. The summed E-state index contributed by atoms with van der Waals surface area (Å²) < 4.78 is 34.4. The molecule has 0 aromatic carbocycles. The predicted molar refractivity (Wildman–Crippen MR) is 397 cm³/mol. The van der Waals surface area contributed by atoms with Gasteiger partial charge in [0.25, 0.3) is 7.82 Å². The highest BCUT2D eigenvalue weighted by Gasteiger charge is 2.22. The number of quaternary nitrogens is 1. The number of hydrogen-bond acceptors (Lipinski definition) is 8. The Morgan fingerprint density at radius 3 is 0.924 bits per heavy atom. The Hall–Kier alpha value is -2.29. The van der Waals surface area contributed by atoms with Crippen LogP contribution in [0.5, 0.6) is 0 Å². The summed E-state index contributed by atoms with van der Waals surface area (Å²) >= 11 is 0. The first-order valence-electron chi connectivity index (χ1n) is 40.0. The summed E-state index contributed by atoms with van der Waals surface area (Å²) in [7, 11) is 1.18. The third kappa shape index (κ3) is 76.7. The van der Waals surface area contributed by atoms with Gasteiger partial charge in [0.2, 0.25) is 0 Å². The number of allylic oxidation sites excluding steroid dienone is 10. The minimum Gasteiger partial charge on any atom is -0.756 e. The zero-order valence-corrected chi connectivity index (χ0v) is 62.7. The molecule has 2 atom stereocenters. The zero-order valence-electron chi connectivity index (χ0n) is 61.8. The van der Waals surface area contributed by atoms with E-state index < -0.39 is 26.5 Å². The molecule has 0 N–H and O–H groups in total. The van der Waals surface area contributed by atoms with E-state index in [0.717, 1.165) is 77.0 Å². The Bertz CT molecular complexity index is 1740. The van der Waals surface area contributed by atoms with E-state index in [2.05, 4.69) is 74.6 Å². The van der Waals surface area contributed by atoms with E-state index >= 15 is 0 Å². The van der Waals surface area contributed by atoms with Gasteiger partial charge in [0.1, 0.15) is 19.8 Å². The standard InChI is InChI=1S/C82H154NO8P/c1-6-8-10-12-14-16-18-20-22-24-26-28-30-32-34-35-36-37-38-39-40-41-42-43-44-45-46-47-49-50-52-54-56-58-60-62-64-66-68-70-72-74-81(84)88-78-80(79-90-92(86,87)89-77-76-83(3,4)5)91-82(85)75-73-71-69-67-65-63-61-59-57-55-53-51-48-33-31-29-27-25-23-21-19-17-15-13-11-9-7-2/h9,11,15,17,21,23,27,29,33,48,80H,6-8,10,12-14,16,18-20,22,24-26,28,30-32,34-47,49-79H2,1-5H3/b11-9-,17-15-,23-21-,29-27-,48-33-. The summed E-state index contributed by atoms with van der Waals surface area (Å²) in [5, 5.41) is 0. The van der Waals surface area contributed by atoms with Crippen molar-refractivity contribution in [2.45, 2.75) is 405 Å². The first kappa shape index (κ1) is 89.7. The van der Waals surface area contributed by atoms with E-state index in [0.29, 0.717) is 17.4 Å². The van der Waals surface area contributed by atoms with Crippen molar-refractivity contribution in [2.24, 2.45) is 0 Å². The van der Waals surface area contributed by atoms with Crippen molar-refractivity contribution >= 4 is 19.8 Å². The summed E-state index contributed by atoms with van der Waals surface area (Å²) in [5.74, 6) is -0.820. The SMILES string of the molecule is CC/C=C\C/C=C\C/C=C\C/C=C\C/C=C\CCCCCCCCCCCCCC(=O)OC(COC(=O)CCCCCCCCCCCCCCCCCCCCCCCCCCCCCCCCCCCCCCCCCCC)COP(=O)([O-])OCC[N+](C)(C)C. The molecule has 0 aliphatic heterocycles. The van der Waals surface area contributed by atoms with E-state index in [1.807, 2.05) is 21.1 Å². The number of carbonyl (C=O) groups is 2. The molecule has 0 saturated carbocycles. The van der Waals surface area contributed by atoms with Gasteiger partial charge in [-0.3, -0.25) is 14.2 Å². The van der Waals surface area contributed by atoms with Crippen molar-refractivity contribution in [2.75, 3.05) is 47.5 Å². The number of esters is 2. The van der Waals surface area contributed by atoms with Gasteiger partial charge in [-0.15, -0.1) is 0 Å². The van der Waals surface area contributed by atoms with Crippen LogP contribution in [0.15, 0.2) is 60.8 Å². The number of phosphoric acid groups is 1. The molecule has 0 spiro atoms. The fraction of sp³-hybridized carbons (Fsp3) is 0.854. The lowest BCUT2D eigenvalue weighted by Crippen LogP contribution is -2.37. The normalized spacial score (nSPS) is 13.3. The molecule has 10 heteroatoms. The van der Waals surface area contributed by atoms with Gasteiger partial charge in [-0.25, -0.2) is 0 Å². The van der Waals surface area contributed by atoms with Gasteiger partial charge in [-0.05, 0) is 57.8 Å². The van der Waals surface area contributed by atoms with Crippen LogP contribution in [-0.4, -0.2) is 70.0 Å². The average Bonchev–Trinajstić information content (AvgIpc) is 2.14. The number of hydrogen-bond donors (Lipinski definition) is 0. The number of ether oxygens (including phenoxy) is 2. The monoisotopic (exact) mass is 1310 g/mol. The second kappa shape index (κ2) is 73.0. The smallest absolute Gasteiger partial charge is 0.306 e. The minimum atomic E-state index is -4.65. The molecule has 0 aliphatic carbocycles. The molecule has 0 heterocycles. The van der Waals surface area contributed by atoms with Crippen LogP contribution in [0.1, 0.15) is 399 Å². The first-order valence-corrected chi connectivity index (χ1v) is 41.5. The third-order valence-electron chi connectivity index (χ3n) is 18.1. The molecule has 0 aromatic rings. The second-order valence-corrected chi connectivity index (χ2v) is 29.8. The largest absolute Gasteiger partial charge is 0.756 e. The van der Waals surface area contributed by atoms with Gasteiger partial charge in [0.15, 0.2) is 6.10 Å². The molecule has 92 heavy (non-hydrogen) atoms. The number of unbranched alkanes of at least 4 members (excludes halogenated alkanes) is 51. The Morgan fingerprint density at radius 2 is 0.620 bits per heavy atom. The van der Waals surface area contributed by atoms with Crippen LogP contribution < -0.4 is 4.89 Å². The fourth-order valence-corrected chi connectivity index (χ4v) is 12.7. The quantitative estimate of drug-likeness (QED) is 0.0195. The highest BCUT2D eigenvalue weighted by atomic mass is 31.2. The first-order chi connectivity index (χ1) is 45.0. The van der Waals surface area contributed by atoms with Gasteiger partial charge >= 0.3 is 11.9 Å². The Labute approximate surface area is 572 Å². The molecule has 0 amide bonds.